The van der Waals surface area contributed by atoms with Gasteiger partial charge in [0.05, 0.1) is 7.11 Å². The zero-order chi connectivity index (χ0) is 13.0. The van der Waals surface area contributed by atoms with Gasteiger partial charge in [-0.05, 0) is 0 Å². The van der Waals surface area contributed by atoms with Gasteiger partial charge in [0.2, 0.25) is 5.88 Å². The van der Waals surface area contributed by atoms with Crippen molar-refractivity contribution in [2.75, 3.05) is 25.5 Å². The minimum atomic E-state index is -0.355. The average Bonchev–Trinajstić information content (AvgIpc) is 2.78. The van der Waals surface area contributed by atoms with Gasteiger partial charge in [-0.2, -0.15) is 4.98 Å². The molecule has 96 valence electrons. The maximum Gasteiger partial charge on any atom is 0.321 e. The van der Waals surface area contributed by atoms with Crippen LogP contribution in [0.5, 0.6) is 5.88 Å². The summed E-state index contributed by atoms with van der Waals surface area (Å²) in [6.07, 6.45) is 1.39. The lowest BCUT2D eigenvalue weighted by molar-refractivity contribution is 0.252. The van der Waals surface area contributed by atoms with Gasteiger partial charge in [-0.25, -0.2) is 14.8 Å². The number of thiazole rings is 1. The maximum atomic E-state index is 11.4. The Morgan fingerprint density at radius 1 is 1.56 bits per heavy atom. The third kappa shape index (κ3) is 2.63. The highest BCUT2D eigenvalue weighted by Crippen LogP contribution is 2.28. The SMILES string of the molecule is COc1ncnc2sc(NC(=O)NCCN)nc12. The van der Waals surface area contributed by atoms with Crippen molar-refractivity contribution in [2.24, 2.45) is 5.73 Å². The molecule has 0 radical (unpaired) electrons. The molecule has 0 aromatic carbocycles. The minimum Gasteiger partial charge on any atom is -0.479 e. The summed E-state index contributed by atoms with van der Waals surface area (Å²) in [6.45, 7) is 0.784. The number of rotatable bonds is 4. The summed E-state index contributed by atoms with van der Waals surface area (Å²) in [7, 11) is 1.50. The summed E-state index contributed by atoms with van der Waals surface area (Å²) in [5.74, 6) is 0.381. The van der Waals surface area contributed by atoms with Crippen LogP contribution in [0, 0.1) is 0 Å². The molecule has 0 atom stereocenters. The average molecular weight is 268 g/mol. The second-order valence-electron chi connectivity index (χ2n) is 3.23. The van der Waals surface area contributed by atoms with E-state index in [1.807, 2.05) is 0 Å². The first-order valence-electron chi connectivity index (χ1n) is 5.15. The van der Waals surface area contributed by atoms with Crippen molar-refractivity contribution in [1.29, 1.82) is 0 Å². The molecule has 0 unspecified atom stereocenters. The van der Waals surface area contributed by atoms with Crippen LogP contribution in [0.15, 0.2) is 6.33 Å². The van der Waals surface area contributed by atoms with Crippen molar-refractivity contribution in [3.05, 3.63) is 6.33 Å². The minimum absolute atomic E-state index is 0.355. The first kappa shape index (κ1) is 12.5. The number of nitrogens with two attached hydrogens (primary N) is 1. The Morgan fingerprint density at radius 3 is 3.11 bits per heavy atom. The van der Waals surface area contributed by atoms with Crippen molar-refractivity contribution < 1.29 is 9.53 Å². The Bertz CT molecular complexity index is 557. The van der Waals surface area contributed by atoms with Crippen LogP contribution in [0.2, 0.25) is 0 Å². The largest absolute Gasteiger partial charge is 0.479 e. The number of fused-ring (bicyclic) bond motifs is 1. The number of carbonyl (C=O) groups is 1. The zero-order valence-electron chi connectivity index (χ0n) is 9.64. The summed E-state index contributed by atoms with van der Waals surface area (Å²) >= 11 is 1.24. The van der Waals surface area contributed by atoms with Crippen LogP contribution in [-0.2, 0) is 0 Å². The lowest BCUT2D eigenvalue weighted by Gasteiger charge is -2.02. The molecule has 4 N–H and O–H groups in total. The normalized spacial score (nSPS) is 10.3. The van der Waals surface area contributed by atoms with E-state index in [-0.39, 0.29) is 6.03 Å². The third-order valence-corrected chi connectivity index (χ3v) is 2.88. The zero-order valence-corrected chi connectivity index (χ0v) is 10.5. The highest BCUT2D eigenvalue weighted by molar-refractivity contribution is 7.22. The van der Waals surface area contributed by atoms with Gasteiger partial charge in [-0.3, -0.25) is 5.32 Å². The van der Waals surface area contributed by atoms with Crippen molar-refractivity contribution in [3.8, 4) is 5.88 Å². The monoisotopic (exact) mass is 268 g/mol. The fourth-order valence-corrected chi connectivity index (χ4v) is 2.06. The number of methoxy groups -OCH3 is 1. The molecule has 0 fully saturated rings. The molecule has 2 amide bonds. The second-order valence-corrected chi connectivity index (χ2v) is 4.20. The van der Waals surface area contributed by atoms with Gasteiger partial charge in [0.1, 0.15) is 6.33 Å². The molecule has 0 aliphatic rings. The van der Waals surface area contributed by atoms with Crippen LogP contribution in [0.3, 0.4) is 0 Å². The van der Waals surface area contributed by atoms with E-state index in [4.69, 9.17) is 10.5 Å². The van der Waals surface area contributed by atoms with Crippen LogP contribution in [0.1, 0.15) is 0 Å². The Labute approximate surface area is 107 Å². The van der Waals surface area contributed by atoms with Gasteiger partial charge in [0, 0.05) is 13.1 Å². The highest BCUT2D eigenvalue weighted by atomic mass is 32.1. The van der Waals surface area contributed by atoms with Crippen molar-refractivity contribution >= 4 is 32.8 Å². The predicted octanol–water partition coefficient (Wildman–Crippen LogP) is 0.175. The van der Waals surface area contributed by atoms with E-state index in [9.17, 15) is 4.79 Å². The standard InChI is InChI=1S/C9H12N6O2S/c1-17-6-5-7(13-4-12-6)18-9(14-5)15-8(16)11-3-2-10/h4H,2-3,10H2,1H3,(H2,11,14,15,16). The Morgan fingerprint density at radius 2 is 2.39 bits per heavy atom. The smallest absolute Gasteiger partial charge is 0.321 e. The summed E-state index contributed by atoms with van der Waals surface area (Å²) in [5, 5.41) is 5.60. The molecule has 9 heteroatoms. The quantitative estimate of drug-likeness (QED) is 0.728. The molecule has 0 spiro atoms. The topological polar surface area (TPSA) is 115 Å². The van der Waals surface area contributed by atoms with Crippen LogP contribution in [-0.4, -0.2) is 41.2 Å². The van der Waals surface area contributed by atoms with Crippen LogP contribution in [0.4, 0.5) is 9.93 Å². The first-order chi connectivity index (χ1) is 8.74. The molecule has 2 aromatic rings. The third-order valence-electron chi connectivity index (χ3n) is 2.01. The van der Waals surface area contributed by atoms with E-state index in [2.05, 4.69) is 25.6 Å². The van der Waals surface area contributed by atoms with Gasteiger partial charge >= 0.3 is 6.03 Å². The highest BCUT2D eigenvalue weighted by Gasteiger charge is 2.12. The summed E-state index contributed by atoms with van der Waals surface area (Å²) in [4.78, 5) is 24.3. The Hall–Kier alpha value is -2.00. The van der Waals surface area contributed by atoms with Crippen LogP contribution >= 0.6 is 11.3 Å². The molecule has 18 heavy (non-hydrogen) atoms. The molecule has 2 aromatic heterocycles. The Kier molecular flexibility index (Phi) is 3.85. The molecule has 0 bridgehead atoms. The lowest BCUT2D eigenvalue weighted by Crippen LogP contribution is -2.32. The van der Waals surface area contributed by atoms with Crippen LogP contribution < -0.4 is 21.1 Å². The molecule has 8 nitrogen and oxygen atoms in total. The predicted molar refractivity (Wildman–Crippen MR) is 67.8 cm³/mol. The van der Waals surface area contributed by atoms with E-state index in [0.717, 1.165) is 0 Å². The van der Waals surface area contributed by atoms with E-state index in [1.165, 1.54) is 24.8 Å². The van der Waals surface area contributed by atoms with E-state index < -0.39 is 0 Å². The van der Waals surface area contributed by atoms with Crippen molar-refractivity contribution in [2.45, 2.75) is 0 Å². The van der Waals surface area contributed by atoms with Gasteiger partial charge in [0.25, 0.3) is 0 Å². The molecular formula is C9H12N6O2S. The summed E-state index contributed by atoms with van der Waals surface area (Å²) in [6, 6.07) is -0.355. The number of aromatic nitrogens is 3. The second kappa shape index (κ2) is 5.56. The summed E-state index contributed by atoms with van der Waals surface area (Å²) < 4.78 is 5.06. The number of carbonyl (C=O) groups excluding carboxylic acids is 1. The van der Waals surface area contributed by atoms with Crippen molar-refractivity contribution in [3.63, 3.8) is 0 Å². The fourth-order valence-electron chi connectivity index (χ4n) is 1.26. The molecule has 0 aliphatic carbocycles. The number of urea groups is 1. The molecule has 2 rings (SSSR count). The number of amides is 2. The molecule has 0 saturated heterocycles. The first-order valence-corrected chi connectivity index (χ1v) is 5.96. The maximum absolute atomic E-state index is 11.4. The van der Waals surface area contributed by atoms with Gasteiger partial charge < -0.3 is 15.8 Å². The fraction of sp³-hybridized carbons (Fsp3) is 0.333. The van der Waals surface area contributed by atoms with E-state index in [0.29, 0.717) is 34.4 Å². The lowest BCUT2D eigenvalue weighted by atomic mass is 10.5. The van der Waals surface area contributed by atoms with Gasteiger partial charge in [0.15, 0.2) is 15.5 Å². The van der Waals surface area contributed by atoms with Gasteiger partial charge in [-0.1, -0.05) is 11.3 Å². The Balaban J connectivity index is 2.17. The summed E-state index contributed by atoms with van der Waals surface area (Å²) in [5.41, 5.74) is 5.81. The molecule has 2 heterocycles. The van der Waals surface area contributed by atoms with Crippen LogP contribution in [0.25, 0.3) is 10.3 Å². The molecule has 0 saturated carbocycles. The number of hydrogen-bond donors (Lipinski definition) is 3. The number of nitrogens with one attached hydrogen (secondary N) is 2. The number of ether oxygens (including phenoxy) is 1. The van der Waals surface area contributed by atoms with Crippen molar-refractivity contribution in [1.82, 2.24) is 20.3 Å². The number of anilines is 1. The molecular weight excluding hydrogens is 256 g/mol. The van der Waals surface area contributed by atoms with Gasteiger partial charge in [-0.15, -0.1) is 0 Å². The van der Waals surface area contributed by atoms with E-state index in [1.54, 1.807) is 0 Å². The molecule has 0 aliphatic heterocycles. The number of hydrogen-bond acceptors (Lipinski definition) is 7. The number of nitrogens with zero attached hydrogens (tertiary/aromatic N) is 3. The van der Waals surface area contributed by atoms with E-state index >= 15 is 0 Å².